The van der Waals surface area contributed by atoms with E-state index in [0.29, 0.717) is 13.0 Å². The Morgan fingerprint density at radius 2 is 2.12 bits per heavy atom. The third-order valence-corrected chi connectivity index (χ3v) is 2.75. The Bertz CT molecular complexity index is 301. The highest BCUT2D eigenvalue weighted by atomic mass is 16.5. The molecule has 1 heterocycles. The molecule has 88 valence electrons. The fourth-order valence-corrected chi connectivity index (χ4v) is 1.86. The zero-order valence-corrected chi connectivity index (χ0v) is 9.39. The molecule has 1 aromatic carbocycles. The van der Waals surface area contributed by atoms with Crippen LogP contribution >= 0.6 is 0 Å². The molecule has 1 unspecified atom stereocenters. The highest BCUT2D eigenvalue weighted by Gasteiger charge is 2.14. The number of benzene rings is 1. The second-order valence-corrected chi connectivity index (χ2v) is 4.07. The minimum atomic E-state index is 0.191. The van der Waals surface area contributed by atoms with Crippen molar-refractivity contribution >= 4 is 0 Å². The monoisotopic (exact) mass is 222 g/mol. The zero-order chi connectivity index (χ0) is 11.2. The molecule has 0 amide bonds. The summed E-state index contributed by atoms with van der Waals surface area (Å²) in [7, 11) is 0. The van der Waals surface area contributed by atoms with Gasteiger partial charge in [-0.05, 0) is 37.0 Å². The third-order valence-electron chi connectivity index (χ3n) is 2.75. The molecule has 3 heteroatoms. The molecule has 1 fully saturated rings. The third kappa shape index (κ3) is 3.22. The van der Waals surface area contributed by atoms with Gasteiger partial charge in [-0.15, -0.1) is 0 Å². The van der Waals surface area contributed by atoms with Crippen molar-refractivity contribution in [2.45, 2.75) is 25.4 Å². The van der Waals surface area contributed by atoms with Crippen LogP contribution in [-0.4, -0.2) is 31.0 Å². The van der Waals surface area contributed by atoms with E-state index in [4.69, 9.17) is 14.6 Å². The molecule has 1 saturated heterocycles. The molecule has 1 aliphatic rings. The Kier molecular flexibility index (Phi) is 4.19. The molecule has 3 nitrogen and oxygen atoms in total. The SMILES string of the molecule is OCCc1ccc(OC2CCCOC2)cc1. The number of aliphatic hydroxyl groups excluding tert-OH is 1. The predicted octanol–water partition coefficient (Wildman–Crippen LogP) is 1.78. The molecule has 1 aromatic rings. The van der Waals surface area contributed by atoms with Crippen LogP contribution in [0.25, 0.3) is 0 Å². The maximum Gasteiger partial charge on any atom is 0.122 e. The maximum atomic E-state index is 8.80. The number of rotatable bonds is 4. The maximum absolute atomic E-state index is 8.80. The van der Waals surface area contributed by atoms with Crippen LogP contribution in [0.2, 0.25) is 0 Å². The quantitative estimate of drug-likeness (QED) is 0.844. The molecular weight excluding hydrogens is 204 g/mol. The normalized spacial score (nSPS) is 20.7. The summed E-state index contributed by atoms with van der Waals surface area (Å²) in [5.74, 6) is 0.886. The first-order chi connectivity index (χ1) is 7.88. The van der Waals surface area contributed by atoms with E-state index in [1.54, 1.807) is 0 Å². The summed E-state index contributed by atoms with van der Waals surface area (Å²) in [5.41, 5.74) is 1.13. The second-order valence-electron chi connectivity index (χ2n) is 4.07. The van der Waals surface area contributed by atoms with Crippen molar-refractivity contribution < 1.29 is 14.6 Å². The molecule has 0 aliphatic carbocycles. The van der Waals surface area contributed by atoms with Crippen LogP contribution in [0.15, 0.2) is 24.3 Å². The Hall–Kier alpha value is -1.06. The Labute approximate surface area is 96.0 Å². The summed E-state index contributed by atoms with van der Waals surface area (Å²) in [6, 6.07) is 7.91. The van der Waals surface area contributed by atoms with Crippen LogP contribution in [0.5, 0.6) is 5.75 Å². The van der Waals surface area contributed by atoms with Crippen molar-refractivity contribution in [3.63, 3.8) is 0 Å². The first-order valence-electron chi connectivity index (χ1n) is 5.82. The van der Waals surface area contributed by atoms with Crippen molar-refractivity contribution in [3.05, 3.63) is 29.8 Å². The summed E-state index contributed by atoms with van der Waals surface area (Å²) in [4.78, 5) is 0. The topological polar surface area (TPSA) is 38.7 Å². The van der Waals surface area contributed by atoms with E-state index in [-0.39, 0.29) is 12.7 Å². The number of hydrogen-bond acceptors (Lipinski definition) is 3. The number of hydrogen-bond donors (Lipinski definition) is 1. The molecular formula is C13H18O3. The summed E-state index contributed by atoms with van der Waals surface area (Å²) in [6.07, 6.45) is 3.04. The average molecular weight is 222 g/mol. The molecule has 0 bridgehead atoms. The van der Waals surface area contributed by atoms with Gasteiger partial charge in [-0.25, -0.2) is 0 Å². The van der Waals surface area contributed by atoms with Crippen LogP contribution in [0.3, 0.4) is 0 Å². The lowest BCUT2D eigenvalue weighted by Gasteiger charge is -2.23. The van der Waals surface area contributed by atoms with Gasteiger partial charge in [-0.2, -0.15) is 0 Å². The van der Waals surface area contributed by atoms with Crippen molar-refractivity contribution in [2.75, 3.05) is 19.8 Å². The molecule has 0 spiro atoms. The first-order valence-corrected chi connectivity index (χ1v) is 5.82. The van der Waals surface area contributed by atoms with E-state index in [9.17, 15) is 0 Å². The second kappa shape index (κ2) is 5.87. The molecule has 0 aromatic heterocycles. The fraction of sp³-hybridized carbons (Fsp3) is 0.538. The van der Waals surface area contributed by atoms with Crippen LogP contribution in [0.1, 0.15) is 18.4 Å². The summed E-state index contributed by atoms with van der Waals surface area (Å²) in [6.45, 7) is 1.74. The lowest BCUT2D eigenvalue weighted by atomic mass is 10.1. The van der Waals surface area contributed by atoms with E-state index in [2.05, 4.69) is 0 Å². The highest BCUT2D eigenvalue weighted by Crippen LogP contribution is 2.18. The lowest BCUT2D eigenvalue weighted by molar-refractivity contribution is 0.00742. The standard InChI is InChI=1S/C13H18O3/c14-8-7-11-3-5-12(6-4-11)16-13-2-1-9-15-10-13/h3-6,13-14H,1-2,7-10H2. The lowest BCUT2D eigenvalue weighted by Crippen LogP contribution is -2.27. The average Bonchev–Trinajstić information content (AvgIpc) is 2.33. The minimum absolute atomic E-state index is 0.191. The number of ether oxygens (including phenoxy) is 2. The van der Waals surface area contributed by atoms with Gasteiger partial charge in [-0.3, -0.25) is 0 Å². The van der Waals surface area contributed by atoms with E-state index >= 15 is 0 Å². The van der Waals surface area contributed by atoms with Gasteiger partial charge >= 0.3 is 0 Å². The van der Waals surface area contributed by atoms with Gasteiger partial charge < -0.3 is 14.6 Å². The van der Waals surface area contributed by atoms with Gasteiger partial charge in [0.1, 0.15) is 11.9 Å². The summed E-state index contributed by atoms with van der Waals surface area (Å²) in [5, 5.41) is 8.80. The van der Waals surface area contributed by atoms with Crippen LogP contribution in [0, 0.1) is 0 Å². The molecule has 0 radical (unpaired) electrons. The summed E-state index contributed by atoms with van der Waals surface area (Å²) >= 11 is 0. The molecule has 2 rings (SSSR count). The zero-order valence-electron chi connectivity index (χ0n) is 9.39. The van der Waals surface area contributed by atoms with Gasteiger partial charge in [0.15, 0.2) is 0 Å². The predicted molar refractivity (Wildman–Crippen MR) is 61.7 cm³/mol. The first kappa shape index (κ1) is 11.4. The van der Waals surface area contributed by atoms with Crippen molar-refractivity contribution in [2.24, 2.45) is 0 Å². The van der Waals surface area contributed by atoms with Crippen LogP contribution < -0.4 is 4.74 Å². The molecule has 16 heavy (non-hydrogen) atoms. The van der Waals surface area contributed by atoms with Gasteiger partial charge in [0.05, 0.1) is 6.61 Å². The van der Waals surface area contributed by atoms with E-state index in [0.717, 1.165) is 30.8 Å². The van der Waals surface area contributed by atoms with E-state index in [1.807, 2.05) is 24.3 Å². The highest BCUT2D eigenvalue weighted by molar-refractivity contribution is 5.27. The molecule has 1 atom stereocenters. The Balaban J connectivity index is 1.88. The smallest absolute Gasteiger partial charge is 0.122 e. The van der Waals surface area contributed by atoms with E-state index in [1.165, 1.54) is 0 Å². The van der Waals surface area contributed by atoms with E-state index < -0.39 is 0 Å². The molecule has 1 N–H and O–H groups in total. The van der Waals surface area contributed by atoms with Gasteiger partial charge in [0, 0.05) is 13.2 Å². The summed E-state index contributed by atoms with van der Waals surface area (Å²) < 4.78 is 11.2. The Morgan fingerprint density at radius 1 is 1.31 bits per heavy atom. The van der Waals surface area contributed by atoms with Crippen molar-refractivity contribution in [3.8, 4) is 5.75 Å². The fourth-order valence-electron chi connectivity index (χ4n) is 1.86. The van der Waals surface area contributed by atoms with Crippen LogP contribution in [-0.2, 0) is 11.2 Å². The molecule has 1 aliphatic heterocycles. The largest absolute Gasteiger partial charge is 0.488 e. The Morgan fingerprint density at radius 3 is 2.75 bits per heavy atom. The van der Waals surface area contributed by atoms with Gasteiger partial charge in [-0.1, -0.05) is 12.1 Å². The van der Waals surface area contributed by atoms with Gasteiger partial charge in [0.2, 0.25) is 0 Å². The number of aliphatic hydroxyl groups is 1. The van der Waals surface area contributed by atoms with Crippen molar-refractivity contribution in [1.29, 1.82) is 0 Å². The van der Waals surface area contributed by atoms with Crippen molar-refractivity contribution in [1.82, 2.24) is 0 Å². The minimum Gasteiger partial charge on any atom is -0.488 e. The van der Waals surface area contributed by atoms with Gasteiger partial charge in [0.25, 0.3) is 0 Å². The van der Waals surface area contributed by atoms with Crippen LogP contribution in [0.4, 0.5) is 0 Å². The molecule has 0 saturated carbocycles.